The number of rotatable bonds is 14. The van der Waals surface area contributed by atoms with E-state index in [9.17, 15) is 19.2 Å². The maximum Gasteiger partial charge on any atom is 0.303 e. The fourth-order valence-corrected chi connectivity index (χ4v) is 4.15. The number of carboxylic acids is 1. The fraction of sp³-hybridized carbons (Fsp3) is 0.818. The monoisotopic (exact) mass is 482 g/mol. The van der Waals surface area contributed by atoms with E-state index in [1.807, 2.05) is 0 Å². The molecule has 0 aliphatic carbocycles. The van der Waals surface area contributed by atoms with E-state index in [0.29, 0.717) is 25.6 Å². The van der Waals surface area contributed by atoms with Crippen molar-refractivity contribution in [1.29, 1.82) is 0 Å². The lowest BCUT2D eigenvalue weighted by atomic mass is 10.3. The predicted octanol–water partition coefficient (Wildman–Crippen LogP) is -1.31. The summed E-state index contributed by atoms with van der Waals surface area (Å²) >= 11 is 0. The molecule has 4 N–H and O–H groups in total. The van der Waals surface area contributed by atoms with E-state index < -0.39 is 5.97 Å². The number of carbonyl (C=O) groups excluding carboxylic acids is 3. The van der Waals surface area contributed by atoms with Crippen LogP contribution in [0, 0.1) is 0 Å². The normalized spacial score (nSPS) is 19.8. The van der Waals surface area contributed by atoms with Crippen LogP contribution in [0.1, 0.15) is 38.5 Å². The van der Waals surface area contributed by atoms with E-state index in [-0.39, 0.29) is 50.1 Å². The van der Waals surface area contributed by atoms with Gasteiger partial charge >= 0.3 is 5.97 Å². The van der Waals surface area contributed by atoms with Gasteiger partial charge in [-0.2, -0.15) is 0 Å². The summed E-state index contributed by atoms with van der Waals surface area (Å²) in [5.41, 5.74) is 0. The van der Waals surface area contributed by atoms with Crippen molar-refractivity contribution in [3.8, 4) is 0 Å². The number of amides is 3. The average Bonchev–Trinajstić information content (AvgIpc) is 3.19. The SMILES string of the molecule is [13CH3][15N]1CCN([13CH2][13CH]2[13CH2][13CH2][13CH2][15N]2CC(=O)[15NH][13CH2][13CH2][13C](=O)NCCC(=O)NCCCC(=O)O)[13CH2][13CH2]1. The van der Waals surface area contributed by atoms with E-state index >= 15 is 0 Å². The third-order valence-electron chi connectivity index (χ3n) is 6.15. The maximum atomic E-state index is 12.3. The quantitative estimate of drug-likeness (QED) is 0.136. The number of piperazine rings is 1. The molecule has 2 aliphatic heterocycles. The van der Waals surface area contributed by atoms with E-state index in [4.69, 9.17) is 5.11 Å². The highest BCUT2D eigenvalue weighted by atomic mass is 16.4. The minimum Gasteiger partial charge on any atom is -0.481 e. The highest BCUT2D eigenvalue weighted by Crippen LogP contribution is 2.18. The third-order valence-corrected chi connectivity index (χ3v) is 6.15. The lowest BCUT2D eigenvalue weighted by Crippen LogP contribution is -2.50. The van der Waals surface area contributed by atoms with Crippen LogP contribution >= 0.6 is 0 Å². The van der Waals surface area contributed by atoms with Crippen LogP contribution in [-0.4, -0.2) is 122 Å². The van der Waals surface area contributed by atoms with Crippen LogP contribution in [-0.2, 0) is 19.2 Å². The van der Waals surface area contributed by atoms with Crippen molar-refractivity contribution in [1.82, 2.24) is 30.7 Å². The molecule has 0 aromatic rings. The molecule has 2 aliphatic rings. The Balaban J connectivity index is 1.52. The van der Waals surface area contributed by atoms with Crippen molar-refractivity contribution >= 4 is 23.7 Å². The zero-order valence-electron chi connectivity index (χ0n) is 19.8. The number of carbonyl (C=O) groups is 4. The predicted molar refractivity (Wildman–Crippen MR) is 124 cm³/mol. The molecule has 3 amide bonds. The van der Waals surface area contributed by atoms with E-state index in [1.54, 1.807) is 0 Å². The van der Waals surface area contributed by atoms with Gasteiger partial charge in [-0.15, -0.1) is 0 Å². The number of hydrogen-bond acceptors (Lipinski definition) is 7. The summed E-state index contributed by atoms with van der Waals surface area (Å²) in [6.45, 7) is 7.42. The van der Waals surface area contributed by atoms with E-state index in [2.05, 4.69) is 37.7 Å². The van der Waals surface area contributed by atoms with Gasteiger partial charge in [-0.25, -0.2) is 0 Å². The average molecular weight is 482 g/mol. The smallest absolute Gasteiger partial charge is 0.303 e. The Bertz CT molecular complexity index is 653. The first kappa shape index (κ1) is 27.0. The van der Waals surface area contributed by atoms with Crippen LogP contribution in [0.15, 0.2) is 0 Å². The van der Waals surface area contributed by atoms with Crippen LogP contribution in [0.3, 0.4) is 0 Å². The Hall–Kier alpha value is -2.24. The fourth-order valence-electron chi connectivity index (χ4n) is 4.15. The molecule has 2 heterocycles. The summed E-state index contributed by atoms with van der Waals surface area (Å²) in [6, 6.07) is 0.415. The van der Waals surface area contributed by atoms with Crippen LogP contribution < -0.4 is 16.0 Å². The number of likely N-dealkylation sites (N-methyl/N-ethyl adjacent to an activating group) is 1. The lowest BCUT2D eigenvalue weighted by molar-refractivity contribution is -0.137. The molecule has 2 fully saturated rings. The summed E-state index contributed by atoms with van der Waals surface area (Å²) in [6.07, 6.45) is 2.92. The Morgan fingerprint density at radius 1 is 0.818 bits per heavy atom. The Morgan fingerprint density at radius 3 is 2.06 bits per heavy atom. The van der Waals surface area contributed by atoms with Crippen molar-refractivity contribution < 1.29 is 24.3 Å². The summed E-state index contributed by atoms with van der Waals surface area (Å²) in [7, 11) is 2.15. The number of nitrogens with zero attached hydrogens (tertiary/aromatic N) is 3. The standard InChI is InChI=1S/C22H40N6O5/c1-26-12-14-27(15-13-26)16-18-4-3-11-28(18)17-21(31)25-10-7-20(30)24-9-6-19(29)23-8-2-5-22(32)33/h18H,2-17H2,1H3,(H,23,29)(H,24,30)(H,25,31)(H,32,33)/i1+1,3+1,4+1,7+1,10+1,11+1,12+1,14+1,16+1,18+1,20+1,25+1,26+1,28+1. The summed E-state index contributed by atoms with van der Waals surface area (Å²) in [4.78, 5) is 53.4. The van der Waals surface area contributed by atoms with Gasteiger partial charge in [0.15, 0.2) is 0 Å². The molecule has 0 bridgehead atoms. The van der Waals surface area contributed by atoms with Gasteiger partial charge in [0.2, 0.25) is 17.7 Å². The van der Waals surface area contributed by atoms with Crippen LogP contribution in [0.25, 0.3) is 0 Å². The molecule has 0 spiro atoms. The molecular formula is C22H40N6O5. The van der Waals surface area contributed by atoms with Gasteiger partial charge in [-0.3, -0.25) is 29.0 Å². The lowest BCUT2D eigenvalue weighted by Gasteiger charge is -2.36. The van der Waals surface area contributed by atoms with Crippen molar-refractivity contribution in [2.45, 2.75) is 44.6 Å². The number of likely N-dealkylation sites (tertiary alicyclic amines) is 1. The number of nitrogens with one attached hydrogen (secondary N) is 3. The van der Waals surface area contributed by atoms with E-state index in [1.165, 1.54) is 0 Å². The largest absolute Gasteiger partial charge is 0.481 e. The molecule has 33 heavy (non-hydrogen) atoms. The summed E-state index contributed by atoms with van der Waals surface area (Å²) in [5.74, 6) is -1.41. The first-order valence-electron chi connectivity index (χ1n) is 12.0. The van der Waals surface area contributed by atoms with E-state index in [0.717, 1.165) is 52.1 Å². The van der Waals surface area contributed by atoms with Gasteiger partial charge in [-0.1, -0.05) is 0 Å². The van der Waals surface area contributed by atoms with Crippen LogP contribution in [0.5, 0.6) is 0 Å². The molecule has 0 radical (unpaired) electrons. The first-order valence-corrected chi connectivity index (χ1v) is 12.0. The molecule has 1 unspecified atom stereocenters. The molecule has 0 saturated carbocycles. The van der Waals surface area contributed by atoms with Gasteiger partial charge in [0.25, 0.3) is 0 Å². The molecule has 11 heteroatoms. The number of carboxylic acid groups (broad SMARTS) is 1. The molecule has 188 valence electrons. The Labute approximate surface area is 196 Å². The summed E-state index contributed by atoms with van der Waals surface area (Å²) in [5, 5.41) is 16.6. The molecular weight excluding hydrogens is 442 g/mol. The Kier molecular flexibility index (Phi) is 12.1. The molecule has 11 nitrogen and oxygen atoms in total. The van der Waals surface area contributed by atoms with Gasteiger partial charge in [0.05, 0.1) is 6.54 Å². The molecule has 0 aromatic carbocycles. The van der Waals surface area contributed by atoms with Crippen molar-refractivity contribution in [2.24, 2.45) is 0 Å². The molecule has 2 saturated heterocycles. The highest BCUT2D eigenvalue weighted by Gasteiger charge is 2.28. The second-order valence-corrected chi connectivity index (χ2v) is 8.92. The van der Waals surface area contributed by atoms with Gasteiger partial charge in [0, 0.05) is 77.7 Å². The maximum absolute atomic E-state index is 12.3. The van der Waals surface area contributed by atoms with Crippen molar-refractivity contribution in [3.63, 3.8) is 0 Å². The topological polar surface area (TPSA) is 134 Å². The highest BCUT2D eigenvalue weighted by molar-refractivity contribution is 5.81. The van der Waals surface area contributed by atoms with Gasteiger partial charge in [-0.05, 0) is 32.9 Å². The number of hydrogen-bond donors (Lipinski definition) is 4. The minimum atomic E-state index is -0.894. The Morgan fingerprint density at radius 2 is 1.42 bits per heavy atom. The summed E-state index contributed by atoms with van der Waals surface area (Å²) < 4.78 is 0. The second kappa shape index (κ2) is 14.8. The van der Waals surface area contributed by atoms with Gasteiger partial charge in [0.1, 0.15) is 0 Å². The van der Waals surface area contributed by atoms with Crippen LogP contribution in [0.4, 0.5) is 0 Å². The zero-order valence-corrected chi connectivity index (χ0v) is 19.8. The molecule has 0 aromatic heterocycles. The number of aliphatic carboxylic acids is 1. The molecule has 1 atom stereocenters. The third kappa shape index (κ3) is 11.4. The van der Waals surface area contributed by atoms with Crippen LogP contribution in [0.2, 0.25) is 0 Å². The zero-order chi connectivity index (χ0) is 24.1. The van der Waals surface area contributed by atoms with Crippen molar-refractivity contribution in [3.05, 3.63) is 0 Å². The second-order valence-electron chi connectivity index (χ2n) is 8.92. The first-order chi connectivity index (χ1) is 15.8. The van der Waals surface area contributed by atoms with Crippen molar-refractivity contribution in [2.75, 3.05) is 72.5 Å². The molecule has 2 rings (SSSR count). The minimum absolute atomic E-state index is 0.0113. The van der Waals surface area contributed by atoms with Gasteiger partial charge < -0.3 is 26.0 Å².